The van der Waals surface area contributed by atoms with Gasteiger partial charge in [-0.05, 0) is 36.6 Å². The summed E-state index contributed by atoms with van der Waals surface area (Å²) in [6.45, 7) is 5.42. The van der Waals surface area contributed by atoms with E-state index in [1.54, 1.807) is 0 Å². The first kappa shape index (κ1) is 14.6. The lowest BCUT2D eigenvalue weighted by atomic mass is 10.1. The molecule has 20 heavy (non-hydrogen) atoms. The Balaban J connectivity index is 1.83. The first-order valence-electron chi connectivity index (χ1n) is 7.19. The summed E-state index contributed by atoms with van der Waals surface area (Å²) in [6, 6.07) is 18.5. The van der Waals surface area contributed by atoms with Crippen LogP contribution in [0.3, 0.4) is 0 Å². The monoisotopic (exact) mass is 270 g/mol. The molecule has 0 N–H and O–H groups in total. The molecule has 1 atom stereocenters. The van der Waals surface area contributed by atoms with Crippen molar-refractivity contribution >= 4 is 0 Å². The molecule has 2 aromatic carbocycles. The van der Waals surface area contributed by atoms with Crippen molar-refractivity contribution in [2.45, 2.75) is 26.4 Å². The minimum atomic E-state index is 0.305. The molecule has 0 bridgehead atoms. The molecule has 0 amide bonds. The average Bonchev–Trinajstić information content (AvgIpc) is 2.52. The van der Waals surface area contributed by atoms with E-state index in [-0.39, 0.29) is 0 Å². The minimum absolute atomic E-state index is 0.305. The predicted molar refractivity (Wildman–Crippen MR) is 83.1 cm³/mol. The van der Waals surface area contributed by atoms with Gasteiger partial charge in [0.2, 0.25) is 0 Å². The van der Waals surface area contributed by atoms with Gasteiger partial charge in [-0.25, -0.2) is 0 Å². The van der Waals surface area contributed by atoms with Crippen LogP contribution < -0.4 is 4.74 Å². The summed E-state index contributed by atoms with van der Waals surface area (Å²) in [5, 5.41) is 0. The molecule has 0 radical (unpaired) electrons. The van der Waals surface area contributed by atoms with Crippen LogP contribution in [-0.4, -0.2) is 19.3 Å². The van der Waals surface area contributed by atoms with Crippen LogP contribution in [0.25, 0.3) is 11.1 Å². The van der Waals surface area contributed by atoms with Gasteiger partial charge in [0.05, 0.1) is 12.7 Å². The van der Waals surface area contributed by atoms with Gasteiger partial charge in [0.15, 0.2) is 0 Å². The Labute approximate surface area is 121 Å². The first-order valence-corrected chi connectivity index (χ1v) is 7.19. The fourth-order valence-electron chi connectivity index (χ4n) is 1.90. The van der Waals surface area contributed by atoms with Crippen LogP contribution in [0.5, 0.6) is 5.75 Å². The molecule has 0 aliphatic rings. The second-order valence-corrected chi connectivity index (χ2v) is 4.83. The maximum atomic E-state index is 5.67. The van der Waals surface area contributed by atoms with E-state index in [2.05, 4.69) is 38.1 Å². The molecule has 0 spiro atoms. The quantitative estimate of drug-likeness (QED) is 0.687. The number of hydrogen-bond acceptors (Lipinski definition) is 2. The highest BCUT2D eigenvalue weighted by Crippen LogP contribution is 2.21. The summed E-state index contributed by atoms with van der Waals surface area (Å²) in [5.74, 6) is 0.887. The van der Waals surface area contributed by atoms with Crippen molar-refractivity contribution in [3.63, 3.8) is 0 Å². The second kappa shape index (κ2) is 7.71. The van der Waals surface area contributed by atoms with Crippen molar-refractivity contribution in [3.05, 3.63) is 54.6 Å². The zero-order valence-corrected chi connectivity index (χ0v) is 12.2. The van der Waals surface area contributed by atoms with Crippen LogP contribution in [0.2, 0.25) is 0 Å². The van der Waals surface area contributed by atoms with Crippen LogP contribution in [0.4, 0.5) is 0 Å². The molecule has 2 aromatic rings. The van der Waals surface area contributed by atoms with Crippen LogP contribution in [0, 0.1) is 0 Å². The zero-order chi connectivity index (χ0) is 14.2. The van der Waals surface area contributed by atoms with Gasteiger partial charge in [-0.2, -0.15) is 0 Å². The molecule has 106 valence electrons. The topological polar surface area (TPSA) is 18.5 Å². The second-order valence-electron chi connectivity index (χ2n) is 4.83. The summed E-state index contributed by atoms with van der Waals surface area (Å²) in [4.78, 5) is 0. The lowest BCUT2D eigenvalue weighted by molar-refractivity contribution is 0.0427. The number of benzene rings is 2. The summed E-state index contributed by atoms with van der Waals surface area (Å²) in [5.41, 5.74) is 2.42. The standard InChI is InChI=1S/C18H22O2/c1-3-15(2)19-13-14-20-18-11-9-17(10-12-18)16-7-5-4-6-8-16/h4-12,15H,3,13-14H2,1-2H3. The van der Waals surface area contributed by atoms with E-state index >= 15 is 0 Å². The van der Waals surface area contributed by atoms with E-state index in [1.165, 1.54) is 11.1 Å². The van der Waals surface area contributed by atoms with Gasteiger partial charge in [0, 0.05) is 0 Å². The third-order valence-corrected chi connectivity index (χ3v) is 3.29. The molecular formula is C18H22O2. The minimum Gasteiger partial charge on any atom is -0.491 e. The summed E-state index contributed by atoms with van der Waals surface area (Å²) in [6.07, 6.45) is 1.34. The van der Waals surface area contributed by atoms with Gasteiger partial charge in [0.1, 0.15) is 12.4 Å². The normalized spacial score (nSPS) is 12.1. The van der Waals surface area contributed by atoms with Crippen molar-refractivity contribution < 1.29 is 9.47 Å². The molecular weight excluding hydrogens is 248 g/mol. The number of rotatable bonds is 7. The van der Waals surface area contributed by atoms with Crippen LogP contribution in [0.15, 0.2) is 54.6 Å². The van der Waals surface area contributed by atoms with Crippen LogP contribution >= 0.6 is 0 Å². The summed E-state index contributed by atoms with van der Waals surface area (Å²) >= 11 is 0. The van der Waals surface area contributed by atoms with E-state index in [0.717, 1.165) is 12.2 Å². The van der Waals surface area contributed by atoms with Gasteiger partial charge < -0.3 is 9.47 Å². The molecule has 0 saturated heterocycles. The van der Waals surface area contributed by atoms with Gasteiger partial charge >= 0.3 is 0 Å². The van der Waals surface area contributed by atoms with Crippen molar-refractivity contribution in [1.29, 1.82) is 0 Å². The molecule has 2 heteroatoms. The van der Waals surface area contributed by atoms with E-state index in [4.69, 9.17) is 9.47 Å². The fourth-order valence-corrected chi connectivity index (χ4v) is 1.90. The van der Waals surface area contributed by atoms with Crippen molar-refractivity contribution in [1.82, 2.24) is 0 Å². The van der Waals surface area contributed by atoms with Crippen molar-refractivity contribution in [3.8, 4) is 16.9 Å². The van der Waals surface area contributed by atoms with E-state index in [9.17, 15) is 0 Å². The highest BCUT2D eigenvalue weighted by atomic mass is 16.5. The van der Waals surface area contributed by atoms with Gasteiger partial charge in [-0.3, -0.25) is 0 Å². The maximum absolute atomic E-state index is 5.67. The third-order valence-electron chi connectivity index (χ3n) is 3.29. The van der Waals surface area contributed by atoms with Crippen LogP contribution in [0.1, 0.15) is 20.3 Å². The molecule has 0 aliphatic carbocycles. The Morgan fingerprint density at radius 2 is 1.50 bits per heavy atom. The third kappa shape index (κ3) is 4.39. The molecule has 0 aromatic heterocycles. The first-order chi connectivity index (χ1) is 9.79. The SMILES string of the molecule is CCC(C)OCCOc1ccc(-c2ccccc2)cc1. The Kier molecular flexibility index (Phi) is 5.63. The Bertz CT molecular complexity index is 491. The number of hydrogen-bond donors (Lipinski definition) is 0. The Hall–Kier alpha value is -1.80. The molecule has 1 unspecified atom stereocenters. The molecule has 0 fully saturated rings. The highest BCUT2D eigenvalue weighted by Gasteiger charge is 2.00. The lowest BCUT2D eigenvalue weighted by Gasteiger charge is -2.11. The summed E-state index contributed by atoms with van der Waals surface area (Å²) < 4.78 is 11.2. The molecule has 0 saturated carbocycles. The van der Waals surface area contributed by atoms with Crippen molar-refractivity contribution in [2.75, 3.05) is 13.2 Å². The Morgan fingerprint density at radius 3 is 2.15 bits per heavy atom. The largest absolute Gasteiger partial charge is 0.491 e. The lowest BCUT2D eigenvalue weighted by Crippen LogP contribution is -2.13. The smallest absolute Gasteiger partial charge is 0.119 e. The highest BCUT2D eigenvalue weighted by molar-refractivity contribution is 5.63. The van der Waals surface area contributed by atoms with Gasteiger partial charge in [-0.15, -0.1) is 0 Å². The molecule has 0 aliphatic heterocycles. The van der Waals surface area contributed by atoms with E-state index < -0.39 is 0 Å². The Morgan fingerprint density at radius 1 is 0.850 bits per heavy atom. The number of ether oxygens (including phenoxy) is 2. The molecule has 2 nitrogen and oxygen atoms in total. The maximum Gasteiger partial charge on any atom is 0.119 e. The van der Waals surface area contributed by atoms with E-state index in [0.29, 0.717) is 19.3 Å². The molecule has 2 rings (SSSR count). The fraction of sp³-hybridized carbons (Fsp3) is 0.333. The summed E-state index contributed by atoms with van der Waals surface area (Å²) in [7, 11) is 0. The predicted octanol–water partition coefficient (Wildman–Crippen LogP) is 4.55. The zero-order valence-electron chi connectivity index (χ0n) is 12.2. The van der Waals surface area contributed by atoms with Crippen LogP contribution in [-0.2, 0) is 4.74 Å². The molecule has 0 heterocycles. The van der Waals surface area contributed by atoms with Crippen molar-refractivity contribution in [2.24, 2.45) is 0 Å². The van der Waals surface area contributed by atoms with E-state index in [1.807, 2.05) is 30.3 Å². The average molecular weight is 270 g/mol. The van der Waals surface area contributed by atoms with Gasteiger partial charge in [-0.1, -0.05) is 49.4 Å². The van der Waals surface area contributed by atoms with Gasteiger partial charge in [0.25, 0.3) is 0 Å².